The Kier molecular flexibility index (Phi) is 4.73. The van der Waals surface area contributed by atoms with Crippen LogP contribution in [-0.4, -0.2) is 51.9 Å². The third-order valence-electron chi connectivity index (χ3n) is 3.28. The lowest BCUT2D eigenvalue weighted by Crippen LogP contribution is -2.33. The predicted octanol–water partition coefficient (Wildman–Crippen LogP) is 0.279. The number of methoxy groups -OCH3 is 1. The molecular formula is C13H19N3O4. The van der Waals surface area contributed by atoms with Crippen LogP contribution in [0.3, 0.4) is 0 Å². The van der Waals surface area contributed by atoms with E-state index in [-0.39, 0.29) is 18.9 Å². The number of amides is 1. The lowest BCUT2D eigenvalue weighted by Gasteiger charge is -2.19. The van der Waals surface area contributed by atoms with Crippen LogP contribution in [0.15, 0.2) is 6.07 Å². The Bertz CT molecular complexity index is 498. The van der Waals surface area contributed by atoms with Gasteiger partial charge in [-0.25, -0.2) is 0 Å². The normalized spacial score (nSPS) is 14.8. The molecule has 110 valence electrons. The lowest BCUT2D eigenvalue weighted by molar-refractivity contribution is -0.137. The van der Waals surface area contributed by atoms with Crippen LogP contribution in [0.2, 0.25) is 0 Å². The van der Waals surface area contributed by atoms with E-state index in [1.54, 1.807) is 4.90 Å². The molecule has 0 saturated heterocycles. The molecule has 2 heterocycles. The van der Waals surface area contributed by atoms with Gasteiger partial charge in [-0.2, -0.15) is 5.10 Å². The molecule has 1 aromatic heterocycles. The molecule has 7 heteroatoms. The summed E-state index contributed by atoms with van der Waals surface area (Å²) in [4.78, 5) is 24.2. The SMILES string of the molecule is COCC(=O)N1CCCn2nc(CCC(=O)O)cc2C1. The van der Waals surface area contributed by atoms with E-state index >= 15 is 0 Å². The van der Waals surface area contributed by atoms with Crippen LogP contribution < -0.4 is 0 Å². The Morgan fingerprint density at radius 3 is 2.95 bits per heavy atom. The van der Waals surface area contributed by atoms with Gasteiger partial charge in [0.2, 0.25) is 5.91 Å². The number of carboxylic acids is 1. The molecule has 2 rings (SSSR count). The van der Waals surface area contributed by atoms with Crippen molar-refractivity contribution in [1.29, 1.82) is 0 Å². The Morgan fingerprint density at radius 2 is 2.25 bits per heavy atom. The number of carbonyl (C=O) groups excluding carboxylic acids is 1. The Balaban J connectivity index is 2.06. The van der Waals surface area contributed by atoms with Gasteiger partial charge >= 0.3 is 5.97 Å². The minimum Gasteiger partial charge on any atom is -0.481 e. The molecule has 20 heavy (non-hydrogen) atoms. The molecule has 1 amide bonds. The maximum Gasteiger partial charge on any atom is 0.303 e. The summed E-state index contributed by atoms with van der Waals surface area (Å²) in [5, 5.41) is 13.1. The van der Waals surface area contributed by atoms with Crippen LogP contribution in [0.4, 0.5) is 0 Å². The second-order valence-electron chi connectivity index (χ2n) is 4.85. The van der Waals surface area contributed by atoms with E-state index in [4.69, 9.17) is 9.84 Å². The highest BCUT2D eigenvalue weighted by molar-refractivity contribution is 5.77. The van der Waals surface area contributed by atoms with E-state index in [0.717, 1.165) is 24.4 Å². The highest BCUT2D eigenvalue weighted by Gasteiger charge is 2.20. The molecule has 1 aromatic rings. The summed E-state index contributed by atoms with van der Waals surface area (Å²) in [7, 11) is 1.50. The van der Waals surface area contributed by atoms with Gasteiger partial charge in [0.1, 0.15) is 6.61 Å². The summed E-state index contributed by atoms with van der Waals surface area (Å²) in [6.07, 6.45) is 1.33. The largest absolute Gasteiger partial charge is 0.481 e. The third kappa shape index (κ3) is 3.57. The smallest absolute Gasteiger partial charge is 0.303 e. The van der Waals surface area contributed by atoms with Crippen molar-refractivity contribution < 1.29 is 19.4 Å². The number of rotatable bonds is 5. The summed E-state index contributed by atoms with van der Waals surface area (Å²) in [6.45, 7) is 2.03. The van der Waals surface area contributed by atoms with E-state index in [1.807, 2.05) is 10.7 Å². The van der Waals surface area contributed by atoms with Crippen molar-refractivity contribution in [3.05, 3.63) is 17.5 Å². The molecule has 0 aromatic carbocycles. The van der Waals surface area contributed by atoms with Gasteiger partial charge in [0.05, 0.1) is 24.4 Å². The molecule has 1 aliphatic heterocycles. The summed E-state index contributed by atoms with van der Waals surface area (Å²) in [5.74, 6) is -0.862. The van der Waals surface area contributed by atoms with Gasteiger partial charge in [0.15, 0.2) is 0 Å². The van der Waals surface area contributed by atoms with Crippen LogP contribution in [0, 0.1) is 0 Å². The van der Waals surface area contributed by atoms with Gasteiger partial charge < -0.3 is 14.7 Å². The first-order chi connectivity index (χ1) is 9.60. The van der Waals surface area contributed by atoms with E-state index in [9.17, 15) is 9.59 Å². The molecule has 0 aliphatic carbocycles. The van der Waals surface area contributed by atoms with Crippen LogP contribution in [0.5, 0.6) is 0 Å². The quantitative estimate of drug-likeness (QED) is 0.838. The van der Waals surface area contributed by atoms with Crippen molar-refractivity contribution in [2.45, 2.75) is 32.4 Å². The molecule has 1 N–H and O–H groups in total. The van der Waals surface area contributed by atoms with E-state index in [2.05, 4.69) is 5.10 Å². The number of fused-ring (bicyclic) bond motifs is 1. The zero-order chi connectivity index (χ0) is 14.5. The maximum absolute atomic E-state index is 11.9. The zero-order valence-electron chi connectivity index (χ0n) is 11.5. The number of aryl methyl sites for hydroxylation is 2. The molecule has 1 aliphatic rings. The number of aromatic nitrogens is 2. The van der Waals surface area contributed by atoms with Crippen LogP contribution in [0.25, 0.3) is 0 Å². The number of ether oxygens (including phenoxy) is 1. The molecule has 0 radical (unpaired) electrons. The van der Waals surface area contributed by atoms with Crippen molar-refractivity contribution in [3.63, 3.8) is 0 Å². The number of hydrogen-bond donors (Lipinski definition) is 1. The first-order valence-corrected chi connectivity index (χ1v) is 6.64. The van der Waals surface area contributed by atoms with Crippen LogP contribution in [-0.2, 0) is 33.8 Å². The van der Waals surface area contributed by atoms with Gasteiger partial charge in [-0.3, -0.25) is 14.3 Å². The second-order valence-corrected chi connectivity index (χ2v) is 4.85. The van der Waals surface area contributed by atoms with Gasteiger partial charge in [0, 0.05) is 26.6 Å². The number of carboxylic acid groups (broad SMARTS) is 1. The van der Waals surface area contributed by atoms with E-state index in [0.29, 0.717) is 19.5 Å². The third-order valence-corrected chi connectivity index (χ3v) is 3.28. The molecule has 0 spiro atoms. The highest BCUT2D eigenvalue weighted by Crippen LogP contribution is 2.15. The van der Waals surface area contributed by atoms with Crippen LogP contribution in [0.1, 0.15) is 24.2 Å². The van der Waals surface area contributed by atoms with Crippen LogP contribution >= 0.6 is 0 Å². The Hall–Kier alpha value is -1.89. The number of carbonyl (C=O) groups is 2. The predicted molar refractivity (Wildman–Crippen MR) is 70.1 cm³/mol. The lowest BCUT2D eigenvalue weighted by atomic mass is 10.2. The average molecular weight is 281 g/mol. The Labute approximate surface area is 117 Å². The molecule has 7 nitrogen and oxygen atoms in total. The van der Waals surface area contributed by atoms with Gasteiger partial charge in [-0.15, -0.1) is 0 Å². The zero-order valence-corrected chi connectivity index (χ0v) is 11.5. The molecular weight excluding hydrogens is 262 g/mol. The van der Waals surface area contributed by atoms with Crippen molar-refractivity contribution in [3.8, 4) is 0 Å². The summed E-state index contributed by atoms with van der Waals surface area (Å²) >= 11 is 0. The van der Waals surface area contributed by atoms with Crippen molar-refractivity contribution in [2.24, 2.45) is 0 Å². The summed E-state index contributed by atoms with van der Waals surface area (Å²) in [5.41, 5.74) is 1.72. The van der Waals surface area contributed by atoms with Gasteiger partial charge in [-0.1, -0.05) is 0 Å². The monoisotopic (exact) mass is 281 g/mol. The van der Waals surface area contributed by atoms with E-state index in [1.165, 1.54) is 7.11 Å². The average Bonchev–Trinajstić information content (AvgIpc) is 2.67. The molecule has 0 fully saturated rings. The highest BCUT2D eigenvalue weighted by atomic mass is 16.5. The van der Waals surface area contributed by atoms with Crippen molar-refractivity contribution in [2.75, 3.05) is 20.3 Å². The fourth-order valence-electron chi connectivity index (χ4n) is 2.31. The molecule has 0 unspecified atom stereocenters. The standard InChI is InChI=1S/C13H19N3O4/c1-20-9-12(17)15-5-2-6-16-11(8-15)7-10(14-16)3-4-13(18)19/h7H,2-6,8-9H2,1H3,(H,18,19). The molecule has 0 bridgehead atoms. The van der Waals surface area contributed by atoms with E-state index < -0.39 is 5.97 Å². The maximum atomic E-state index is 11.9. The first-order valence-electron chi connectivity index (χ1n) is 6.64. The number of aliphatic carboxylic acids is 1. The second kappa shape index (κ2) is 6.51. The topological polar surface area (TPSA) is 84.7 Å². The van der Waals surface area contributed by atoms with Gasteiger partial charge in [0.25, 0.3) is 0 Å². The summed E-state index contributed by atoms with van der Waals surface area (Å²) < 4.78 is 6.75. The molecule has 0 saturated carbocycles. The van der Waals surface area contributed by atoms with Crippen molar-refractivity contribution >= 4 is 11.9 Å². The minimum absolute atomic E-state index is 0.0331. The first kappa shape index (κ1) is 14.5. The van der Waals surface area contributed by atoms with Crippen molar-refractivity contribution in [1.82, 2.24) is 14.7 Å². The summed E-state index contributed by atoms with van der Waals surface area (Å²) in [6, 6.07) is 1.89. The fourth-order valence-corrected chi connectivity index (χ4v) is 2.31. The Morgan fingerprint density at radius 1 is 1.45 bits per heavy atom. The minimum atomic E-state index is -0.829. The van der Waals surface area contributed by atoms with Gasteiger partial charge in [-0.05, 0) is 12.5 Å². The number of nitrogens with zero attached hydrogens (tertiary/aromatic N) is 3. The number of hydrogen-bond acceptors (Lipinski definition) is 4. The molecule has 0 atom stereocenters. The fraction of sp³-hybridized carbons (Fsp3) is 0.615.